The minimum Gasteiger partial charge on any atom is -0.379 e. The summed E-state index contributed by atoms with van der Waals surface area (Å²) in [6.45, 7) is 3.10. The molecule has 0 aliphatic heterocycles. The predicted molar refractivity (Wildman–Crippen MR) is 59.4 cm³/mol. The molecular formula is C11H15ClFNO. The fourth-order valence-electron chi connectivity index (χ4n) is 1.25. The molecule has 1 aromatic rings. The Morgan fingerprint density at radius 3 is 2.87 bits per heavy atom. The average Bonchev–Trinajstić information content (AvgIpc) is 2.17. The molecule has 0 radical (unpaired) electrons. The lowest BCUT2D eigenvalue weighted by Gasteiger charge is -2.13. The van der Waals surface area contributed by atoms with E-state index < -0.39 is 0 Å². The zero-order chi connectivity index (χ0) is 11.3. The van der Waals surface area contributed by atoms with Crippen molar-refractivity contribution in [1.82, 2.24) is 0 Å². The molecule has 0 saturated carbocycles. The summed E-state index contributed by atoms with van der Waals surface area (Å²) in [6.07, 6.45) is 0.948. The highest BCUT2D eigenvalue weighted by Gasteiger charge is 2.10. The van der Waals surface area contributed by atoms with E-state index in [1.807, 2.05) is 6.92 Å². The van der Waals surface area contributed by atoms with Crippen LogP contribution >= 0.6 is 11.6 Å². The SMILES string of the molecule is CCCOCC(N)c1ccc(F)cc1Cl. The van der Waals surface area contributed by atoms with Crippen molar-refractivity contribution in [3.63, 3.8) is 0 Å². The van der Waals surface area contributed by atoms with Gasteiger partial charge in [0.05, 0.1) is 12.6 Å². The maximum absolute atomic E-state index is 12.8. The molecule has 0 saturated heterocycles. The first-order valence-corrected chi connectivity index (χ1v) is 5.31. The zero-order valence-electron chi connectivity index (χ0n) is 8.67. The van der Waals surface area contributed by atoms with Crippen LogP contribution in [0, 0.1) is 5.82 Å². The van der Waals surface area contributed by atoms with Crippen LogP contribution < -0.4 is 5.73 Å². The van der Waals surface area contributed by atoms with Gasteiger partial charge in [-0.2, -0.15) is 0 Å². The summed E-state index contributed by atoms with van der Waals surface area (Å²) in [6, 6.07) is 3.90. The summed E-state index contributed by atoms with van der Waals surface area (Å²) in [7, 11) is 0. The molecular weight excluding hydrogens is 217 g/mol. The van der Waals surface area contributed by atoms with Crippen molar-refractivity contribution in [2.24, 2.45) is 5.73 Å². The molecule has 0 aliphatic carbocycles. The molecule has 1 aromatic carbocycles. The topological polar surface area (TPSA) is 35.2 Å². The molecule has 2 N–H and O–H groups in total. The first kappa shape index (κ1) is 12.4. The van der Waals surface area contributed by atoms with Crippen LogP contribution in [0.1, 0.15) is 24.9 Å². The fourth-order valence-corrected chi connectivity index (χ4v) is 1.55. The van der Waals surface area contributed by atoms with Crippen molar-refractivity contribution in [1.29, 1.82) is 0 Å². The second-order valence-corrected chi connectivity index (χ2v) is 3.75. The number of benzene rings is 1. The molecule has 2 nitrogen and oxygen atoms in total. The van der Waals surface area contributed by atoms with Crippen LogP contribution in [0.15, 0.2) is 18.2 Å². The molecule has 0 spiro atoms. The van der Waals surface area contributed by atoms with E-state index in [0.717, 1.165) is 6.42 Å². The van der Waals surface area contributed by atoms with E-state index >= 15 is 0 Å². The van der Waals surface area contributed by atoms with Gasteiger partial charge in [0, 0.05) is 11.6 Å². The smallest absolute Gasteiger partial charge is 0.124 e. The summed E-state index contributed by atoms with van der Waals surface area (Å²) < 4.78 is 18.1. The lowest BCUT2D eigenvalue weighted by atomic mass is 10.1. The molecule has 0 bridgehead atoms. The van der Waals surface area contributed by atoms with E-state index in [1.54, 1.807) is 6.07 Å². The third kappa shape index (κ3) is 3.78. The van der Waals surface area contributed by atoms with E-state index in [-0.39, 0.29) is 11.9 Å². The molecule has 0 fully saturated rings. The van der Waals surface area contributed by atoms with Crippen LogP contribution in [-0.2, 0) is 4.74 Å². The number of rotatable bonds is 5. The maximum Gasteiger partial charge on any atom is 0.124 e. The molecule has 0 amide bonds. The van der Waals surface area contributed by atoms with Crippen molar-refractivity contribution in [3.05, 3.63) is 34.6 Å². The molecule has 0 heterocycles. The molecule has 15 heavy (non-hydrogen) atoms. The van der Waals surface area contributed by atoms with Gasteiger partial charge in [0.2, 0.25) is 0 Å². The van der Waals surface area contributed by atoms with Crippen molar-refractivity contribution < 1.29 is 9.13 Å². The summed E-state index contributed by atoms with van der Waals surface area (Å²) >= 11 is 5.86. The van der Waals surface area contributed by atoms with E-state index in [4.69, 9.17) is 22.1 Å². The molecule has 84 valence electrons. The largest absolute Gasteiger partial charge is 0.379 e. The minimum absolute atomic E-state index is 0.301. The average molecular weight is 232 g/mol. The Morgan fingerprint density at radius 2 is 2.27 bits per heavy atom. The second-order valence-electron chi connectivity index (χ2n) is 3.35. The van der Waals surface area contributed by atoms with Crippen molar-refractivity contribution in [2.45, 2.75) is 19.4 Å². The first-order valence-electron chi connectivity index (χ1n) is 4.93. The maximum atomic E-state index is 12.8. The Morgan fingerprint density at radius 1 is 1.53 bits per heavy atom. The van der Waals surface area contributed by atoms with Gasteiger partial charge in [-0.3, -0.25) is 0 Å². The van der Waals surface area contributed by atoms with Gasteiger partial charge in [-0.05, 0) is 24.1 Å². The Kier molecular flexibility index (Phi) is 5.02. The van der Waals surface area contributed by atoms with Crippen LogP contribution in [0.4, 0.5) is 4.39 Å². The molecule has 4 heteroatoms. The van der Waals surface area contributed by atoms with Crippen LogP contribution in [-0.4, -0.2) is 13.2 Å². The van der Waals surface area contributed by atoms with Gasteiger partial charge in [-0.15, -0.1) is 0 Å². The Labute approximate surface area is 94.2 Å². The lowest BCUT2D eigenvalue weighted by Crippen LogP contribution is -2.17. The number of hydrogen-bond acceptors (Lipinski definition) is 2. The summed E-state index contributed by atoms with van der Waals surface area (Å²) in [4.78, 5) is 0. The van der Waals surface area contributed by atoms with Gasteiger partial charge in [0.15, 0.2) is 0 Å². The molecule has 1 atom stereocenters. The van der Waals surface area contributed by atoms with Gasteiger partial charge in [0.25, 0.3) is 0 Å². The molecule has 1 unspecified atom stereocenters. The molecule has 0 aromatic heterocycles. The lowest BCUT2D eigenvalue weighted by molar-refractivity contribution is 0.121. The van der Waals surface area contributed by atoms with E-state index in [0.29, 0.717) is 23.8 Å². The second kappa shape index (κ2) is 6.05. The minimum atomic E-state index is -0.356. The highest BCUT2D eigenvalue weighted by molar-refractivity contribution is 6.31. The van der Waals surface area contributed by atoms with Crippen molar-refractivity contribution in [3.8, 4) is 0 Å². The third-order valence-corrected chi connectivity index (χ3v) is 2.34. The standard InChI is InChI=1S/C11H15ClFNO/c1-2-5-15-7-11(14)9-4-3-8(13)6-10(9)12/h3-4,6,11H,2,5,7,14H2,1H3. The Balaban J connectivity index is 2.61. The highest BCUT2D eigenvalue weighted by atomic mass is 35.5. The van der Waals surface area contributed by atoms with Gasteiger partial charge >= 0.3 is 0 Å². The Hall–Kier alpha value is -0.640. The Bertz CT molecular complexity index is 319. The summed E-state index contributed by atoms with van der Waals surface area (Å²) in [5.41, 5.74) is 6.57. The van der Waals surface area contributed by atoms with Crippen molar-refractivity contribution in [2.75, 3.05) is 13.2 Å². The summed E-state index contributed by atoms with van der Waals surface area (Å²) in [5.74, 6) is -0.356. The predicted octanol–water partition coefficient (Wildman–Crippen LogP) is 2.91. The zero-order valence-corrected chi connectivity index (χ0v) is 9.43. The normalized spacial score (nSPS) is 12.8. The molecule has 1 rings (SSSR count). The van der Waals surface area contributed by atoms with E-state index in [2.05, 4.69) is 0 Å². The number of nitrogens with two attached hydrogens (primary N) is 1. The van der Waals surface area contributed by atoms with Gasteiger partial charge in [-0.25, -0.2) is 4.39 Å². The van der Waals surface area contributed by atoms with Crippen LogP contribution in [0.25, 0.3) is 0 Å². The summed E-state index contributed by atoms with van der Waals surface area (Å²) in [5, 5.41) is 0.350. The molecule has 0 aliphatic rings. The number of halogens is 2. The van der Waals surface area contributed by atoms with Crippen molar-refractivity contribution >= 4 is 11.6 Å². The van der Waals surface area contributed by atoms with E-state index in [9.17, 15) is 4.39 Å². The number of ether oxygens (including phenoxy) is 1. The van der Waals surface area contributed by atoms with E-state index in [1.165, 1.54) is 12.1 Å². The third-order valence-electron chi connectivity index (χ3n) is 2.01. The van der Waals surface area contributed by atoms with Gasteiger partial charge < -0.3 is 10.5 Å². The van der Waals surface area contributed by atoms with Crippen LogP contribution in [0.3, 0.4) is 0 Å². The monoisotopic (exact) mass is 231 g/mol. The van der Waals surface area contributed by atoms with Crippen LogP contribution in [0.2, 0.25) is 5.02 Å². The number of hydrogen-bond donors (Lipinski definition) is 1. The first-order chi connectivity index (χ1) is 7.15. The highest BCUT2D eigenvalue weighted by Crippen LogP contribution is 2.22. The van der Waals surface area contributed by atoms with Crippen LogP contribution in [0.5, 0.6) is 0 Å². The fraction of sp³-hybridized carbons (Fsp3) is 0.455. The quantitative estimate of drug-likeness (QED) is 0.791. The van der Waals surface area contributed by atoms with Gasteiger partial charge in [0.1, 0.15) is 5.82 Å². The van der Waals surface area contributed by atoms with Gasteiger partial charge in [-0.1, -0.05) is 24.6 Å².